The first-order valence-electron chi connectivity index (χ1n) is 12.3. The van der Waals surface area contributed by atoms with Gasteiger partial charge in [-0.05, 0) is 25.1 Å². The number of hydrogen-bond donors (Lipinski definition) is 1. The molecule has 2 aromatic carbocycles. The van der Waals surface area contributed by atoms with E-state index >= 15 is 0 Å². The molecule has 0 unspecified atom stereocenters. The van der Waals surface area contributed by atoms with Gasteiger partial charge in [-0.2, -0.15) is 0 Å². The van der Waals surface area contributed by atoms with E-state index in [-0.39, 0.29) is 27.4 Å². The van der Waals surface area contributed by atoms with Crippen LogP contribution in [0, 0.1) is 6.92 Å². The van der Waals surface area contributed by atoms with Crippen molar-refractivity contribution >= 4 is 45.6 Å². The van der Waals surface area contributed by atoms with E-state index in [0.29, 0.717) is 33.3 Å². The van der Waals surface area contributed by atoms with Gasteiger partial charge in [-0.1, -0.05) is 59.6 Å². The number of anilines is 2. The summed E-state index contributed by atoms with van der Waals surface area (Å²) in [6.45, 7) is 1.89. The van der Waals surface area contributed by atoms with Crippen LogP contribution in [0.5, 0.6) is 5.88 Å². The largest absolute Gasteiger partial charge is 0.481 e. The number of alkyl halides is 2. The lowest BCUT2D eigenvalue weighted by atomic mass is 10.00. The summed E-state index contributed by atoms with van der Waals surface area (Å²) < 4.78 is 34.9. The van der Waals surface area contributed by atoms with Gasteiger partial charge in [0.1, 0.15) is 16.9 Å². The molecule has 8 nitrogen and oxygen atoms in total. The molecular formula is C29H23Cl2F2N5O3. The van der Waals surface area contributed by atoms with Crippen molar-refractivity contribution in [1.29, 1.82) is 0 Å². The van der Waals surface area contributed by atoms with E-state index < -0.39 is 23.4 Å². The Hall–Kier alpha value is -4.28. The maximum atomic E-state index is 13.8. The van der Waals surface area contributed by atoms with Crippen molar-refractivity contribution in [3.63, 3.8) is 0 Å². The Morgan fingerprint density at radius 1 is 0.902 bits per heavy atom. The van der Waals surface area contributed by atoms with Gasteiger partial charge in [0, 0.05) is 36.3 Å². The van der Waals surface area contributed by atoms with Crippen LogP contribution in [0.1, 0.15) is 17.7 Å². The third-order valence-corrected chi connectivity index (χ3v) is 7.57. The van der Waals surface area contributed by atoms with Crippen LogP contribution in [0.4, 0.5) is 20.3 Å². The summed E-state index contributed by atoms with van der Waals surface area (Å²) in [5, 5.41) is 3.50. The van der Waals surface area contributed by atoms with Crippen LogP contribution in [0.2, 0.25) is 10.0 Å². The number of benzene rings is 2. The zero-order valence-corrected chi connectivity index (χ0v) is 23.8. The number of rotatable bonds is 6. The van der Waals surface area contributed by atoms with Crippen molar-refractivity contribution < 1.29 is 13.5 Å². The van der Waals surface area contributed by atoms with Crippen LogP contribution in [0.3, 0.4) is 0 Å². The highest BCUT2D eigenvalue weighted by atomic mass is 35.5. The van der Waals surface area contributed by atoms with E-state index in [1.165, 1.54) is 14.1 Å². The van der Waals surface area contributed by atoms with Gasteiger partial charge in [0.15, 0.2) is 0 Å². The summed E-state index contributed by atoms with van der Waals surface area (Å²) >= 11 is 13.7. The van der Waals surface area contributed by atoms with E-state index in [1.54, 1.807) is 31.4 Å². The van der Waals surface area contributed by atoms with Crippen LogP contribution >= 0.6 is 23.2 Å². The Balaban J connectivity index is 1.66. The second-order valence-corrected chi connectivity index (χ2v) is 10.0. The van der Waals surface area contributed by atoms with Gasteiger partial charge in [0.25, 0.3) is 12.0 Å². The maximum Gasteiger partial charge on any atom is 0.330 e. The van der Waals surface area contributed by atoms with E-state index in [2.05, 4.69) is 15.3 Å². The predicted molar refractivity (Wildman–Crippen MR) is 157 cm³/mol. The number of aryl methyl sites for hydroxylation is 2. The highest BCUT2D eigenvalue weighted by molar-refractivity contribution is 6.39. The molecule has 0 saturated heterocycles. The molecule has 0 spiro atoms. The molecule has 1 N–H and O–H groups in total. The summed E-state index contributed by atoms with van der Waals surface area (Å²) in [5.74, 6) is 0.312. The lowest BCUT2D eigenvalue weighted by molar-refractivity contribution is 0.146. The molecule has 3 heterocycles. The van der Waals surface area contributed by atoms with Gasteiger partial charge in [0.2, 0.25) is 5.88 Å². The first-order chi connectivity index (χ1) is 19.5. The maximum absolute atomic E-state index is 13.8. The van der Waals surface area contributed by atoms with Gasteiger partial charge in [-0.25, -0.2) is 23.5 Å². The van der Waals surface area contributed by atoms with Crippen molar-refractivity contribution in [1.82, 2.24) is 19.1 Å². The second-order valence-electron chi connectivity index (χ2n) is 9.28. The van der Waals surface area contributed by atoms with Crippen LogP contribution in [-0.4, -0.2) is 26.2 Å². The summed E-state index contributed by atoms with van der Waals surface area (Å²) in [7, 11) is 4.24. The topological polar surface area (TPSA) is 91.0 Å². The summed E-state index contributed by atoms with van der Waals surface area (Å²) in [5.41, 5.74) is 1.60. The SMILES string of the molecule is COc1nc(-c2cccc(-c3cccc(Nc4nc(C(F)F)cc5c4c(=O)n(C)c(=O)n5C)c3Cl)c2Cl)ccc1C. The number of ether oxygens (including phenoxy) is 1. The molecule has 5 aromatic rings. The lowest BCUT2D eigenvalue weighted by Gasteiger charge is -2.17. The molecule has 5 rings (SSSR count). The molecular weight excluding hydrogens is 575 g/mol. The zero-order chi connectivity index (χ0) is 29.6. The third-order valence-electron chi connectivity index (χ3n) is 6.76. The Morgan fingerprint density at radius 2 is 1.56 bits per heavy atom. The molecule has 0 aliphatic rings. The molecule has 210 valence electrons. The molecule has 0 aliphatic heterocycles. The van der Waals surface area contributed by atoms with Gasteiger partial charge >= 0.3 is 5.69 Å². The fourth-order valence-electron chi connectivity index (χ4n) is 4.58. The second kappa shape index (κ2) is 10.9. The molecule has 0 bridgehead atoms. The van der Waals surface area contributed by atoms with Crippen LogP contribution in [0.25, 0.3) is 33.3 Å². The average molecular weight is 598 g/mol. The molecule has 0 saturated carbocycles. The first-order valence-corrected chi connectivity index (χ1v) is 13.0. The van der Waals surface area contributed by atoms with E-state index in [1.807, 2.05) is 31.2 Å². The van der Waals surface area contributed by atoms with Crippen molar-refractivity contribution in [2.45, 2.75) is 13.3 Å². The highest BCUT2D eigenvalue weighted by Gasteiger charge is 2.21. The van der Waals surface area contributed by atoms with E-state index in [4.69, 9.17) is 27.9 Å². The van der Waals surface area contributed by atoms with Crippen LogP contribution in [-0.2, 0) is 14.1 Å². The molecule has 12 heteroatoms. The van der Waals surface area contributed by atoms with Crippen LogP contribution in [0.15, 0.2) is 64.2 Å². The lowest BCUT2D eigenvalue weighted by Crippen LogP contribution is -2.37. The normalized spacial score (nSPS) is 11.3. The van der Waals surface area contributed by atoms with Crippen LogP contribution < -0.4 is 21.3 Å². The Bertz CT molecular complexity index is 1960. The molecule has 0 atom stereocenters. The smallest absolute Gasteiger partial charge is 0.330 e. The average Bonchev–Trinajstić information content (AvgIpc) is 2.96. The minimum Gasteiger partial charge on any atom is -0.481 e. The van der Waals surface area contributed by atoms with E-state index in [0.717, 1.165) is 20.8 Å². The number of fused-ring (bicyclic) bond motifs is 1. The standard InChI is InChI=1S/C29H23Cl2F2N5O3/c1-14-11-12-18(36-27(14)41-4)17-9-5-7-15(23(17)30)16-8-6-10-19(24(16)31)34-26-22-21(13-20(35-26)25(32)33)37(2)29(40)38(3)28(22)39/h5-13,25H,1-4H3,(H,34,35). The number of halogens is 4. The van der Waals surface area contributed by atoms with Crippen molar-refractivity contribution in [2.24, 2.45) is 14.1 Å². The molecule has 0 aliphatic carbocycles. The zero-order valence-electron chi connectivity index (χ0n) is 22.3. The highest BCUT2D eigenvalue weighted by Crippen LogP contribution is 2.42. The first kappa shape index (κ1) is 28.3. The Labute approximate surface area is 242 Å². The van der Waals surface area contributed by atoms with Gasteiger partial charge in [0.05, 0.1) is 34.1 Å². The molecule has 41 heavy (non-hydrogen) atoms. The van der Waals surface area contributed by atoms with Crippen molar-refractivity contribution in [3.8, 4) is 28.3 Å². The van der Waals surface area contributed by atoms with Gasteiger partial charge < -0.3 is 10.1 Å². The quantitative estimate of drug-likeness (QED) is 0.235. The Kier molecular flexibility index (Phi) is 7.54. The third kappa shape index (κ3) is 4.93. The Morgan fingerprint density at radius 3 is 2.24 bits per heavy atom. The number of aromatic nitrogens is 4. The minimum absolute atomic E-state index is 0.00921. The number of methoxy groups -OCH3 is 1. The number of nitrogens with one attached hydrogen (secondary N) is 1. The molecule has 0 radical (unpaired) electrons. The van der Waals surface area contributed by atoms with Gasteiger partial charge in [-0.3, -0.25) is 13.9 Å². The summed E-state index contributed by atoms with van der Waals surface area (Å²) in [6.07, 6.45) is -2.95. The number of pyridine rings is 2. The monoisotopic (exact) mass is 597 g/mol. The minimum atomic E-state index is -2.95. The summed E-state index contributed by atoms with van der Waals surface area (Å²) in [6, 6.07) is 15.3. The van der Waals surface area contributed by atoms with Crippen molar-refractivity contribution in [2.75, 3.05) is 12.4 Å². The fraction of sp³-hybridized carbons (Fsp3) is 0.172. The molecule has 3 aromatic heterocycles. The number of hydrogen-bond acceptors (Lipinski definition) is 6. The van der Waals surface area contributed by atoms with Crippen molar-refractivity contribution in [3.05, 3.63) is 96.7 Å². The van der Waals surface area contributed by atoms with Gasteiger partial charge in [-0.15, -0.1) is 0 Å². The summed E-state index contributed by atoms with van der Waals surface area (Å²) in [4.78, 5) is 34.1. The fourth-order valence-corrected chi connectivity index (χ4v) is 5.18. The number of nitrogens with zero attached hydrogens (tertiary/aromatic N) is 4. The van der Waals surface area contributed by atoms with E-state index in [9.17, 15) is 18.4 Å². The predicted octanol–water partition coefficient (Wildman–Crippen LogP) is 6.67. The molecule has 0 amide bonds. The molecule has 0 fully saturated rings.